The second kappa shape index (κ2) is 9.55. The van der Waals surface area contributed by atoms with E-state index in [0.717, 1.165) is 16.9 Å². The minimum atomic E-state index is -1.14. The first kappa shape index (κ1) is 22.2. The fourth-order valence-corrected chi connectivity index (χ4v) is 3.58. The van der Waals surface area contributed by atoms with Crippen molar-refractivity contribution >= 4 is 23.7 Å². The number of fused-ring (bicyclic) bond motifs is 1. The third kappa shape index (κ3) is 4.66. The third-order valence-corrected chi connectivity index (χ3v) is 5.50. The number of nitrogens with one attached hydrogen (secondary N) is 1. The van der Waals surface area contributed by atoms with E-state index in [1.165, 1.54) is 13.8 Å². The summed E-state index contributed by atoms with van der Waals surface area (Å²) in [7, 11) is 0. The molecule has 2 aromatic carbocycles. The maximum atomic E-state index is 12.6. The molecule has 162 valence electrons. The monoisotopic (exact) mass is 422 g/mol. The van der Waals surface area contributed by atoms with E-state index in [4.69, 9.17) is 4.74 Å². The Labute approximate surface area is 181 Å². The first-order valence-corrected chi connectivity index (χ1v) is 10.3. The maximum absolute atomic E-state index is 12.6. The molecule has 31 heavy (non-hydrogen) atoms. The molecule has 0 aliphatic carbocycles. The molecule has 0 bridgehead atoms. The number of hydrogen-bond acceptors (Lipinski definition) is 5. The van der Waals surface area contributed by atoms with E-state index in [1.807, 2.05) is 37.3 Å². The van der Waals surface area contributed by atoms with Crippen LogP contribution in [-0.4, -0.2) is 47.3 Å². The zero-order chi connectivity index (χ0) is 22.5. The molecule has 1 aliphatic heterocycles. The van der Waals surface area contributed by atoms with Crippen LogP contribution in [0.15, 0.2) is 54.6 Å². The predicted octanol–water partition coefficient (Wildman–Crippen LogP) is 2.91. The molecule has 1 heterocycles. The molecule has 1 aliphatic rings. The first-order valence-electron chi connectivity index (χ1n) is 10.3. The van der Waals surface area contributed by atoms with Crippen LogP contribution < -0.4 is 5.32 Å². The van der Waals surface area contributed by atoms with Gasteiger partial charge in [0, 0.05) is 12.5 Å². The number of nitrogens with zero attached hydrogens (tertiary/aromatic N) is 1. The van der Waals surface area contributed by atoms with Crippen molar-refractivity contribution in [2.45, 2.75) is 45.3 Å². The highest BCUT2D eigenvalue weighted by Crippen LogP contribution is 2.25. The largest absolute Gasteiger partial charge is 0.451 e. The second-order valence-electron chi connectivity index (χ2n) is 7.54. The highest BCUT2D eigenvalue weighted by Gasteiger charge is 2.41. The van der Waals surface area contributed by atoms with Gasteiger partial charge in [-0.2, -0.15) is 0 Å². The van der Waals surface area contributed by atoms with Crippen LogP contribution in [0.25, 0.3) is 0 Å². The minimum Gasteiger partial charge on any atom is -0.451 e. The number of carbonyl (C=O) groups excluding carboxylic acids is 4. The summed E-state index contributed by atoms with van der Waals surface area (Å²) < 4.78 is 5.26. The normalized spacial score (nSPS) is 15.8. The predicted molar refractivity (Wildman–Crippen MR) is 114 cm³/mol. The number of amides is 3. The highest BCUT2D eigenvalue weighted by atomic mass is 16.5. The van der Waals surface area contributed by atoms with Crippen LogP contribution in [0.5, 0.6) is 0 Å². The van der Waals surface area contributed by atoms with Crippen molar-refractivity contribution in [1.82, 2.24) is 10.2 Å². The minimum absolute atomic E-state index is 0.144. The molecule has 0 radical (unpaired) electrons. The number of esters is 1. The van der Waals surface area contributed by atoms with Gasteiger partial charge >= 0.3 is 5.97 Å². The summed E-state index contributed by atoms with van der Waals surface area (Å²) in [5.74, 6) is -2.19. The average Bonchev–Trinajstić information content (AvgIpc) is 3.04. The van der Waals surface area contributed by atoms with Gasteiger partial charge in [-0.1, -0.05) is 49.4 Å². The summed E-state index contributed by atoms with van der Waals surface area (Å²) >= 11 is 0. The lowest BCUT2D eigenvalue weighted by Gasteiger charge is -2.23. The van der Waals surface area contributed by atoms with Gasteiger partial charge in [0.25, 0.3) is 17.7 Å². The molecule has 0 saturated carbocycles. The summed E-state index contributed by atoms with van der Waals surface area (Å²) in [6.07, 6.45) is -0.215. The van der Waals surface area contributed by atoms with E-state index in [0.29, 0.717) is 6.54 Å². The van der Waals surface area contributed by atoms with Crippen LogP contribution in [0.2, 0.25) is 0 Å². The molecule has 0 spiro atoms. The molecule has 1 N–H and O–H groups in total. The molecule has 3 rings (SSSR count). The zero-order valence-electron chi connectivity index (χ0n) is 17.8. The van der Waals surface area contributed by atoms with E-state index in [1.54, 1.807) is 24.3 Å². The van der Waals surface area contributed by atoms with Crippen molar-refractivity contribution in [2.24, 2.45) is 0 Å². The van der Waals surface area contributed by atoms with Crippen LogP contribution in [-0.2, 0) is 14.3 Å². The lowest BCUT2D eigenvalue weighted by Crippen LogP contribution is -2.46. The molecule has 2 aromatic rings. The number of benzene rings is 2. The fourth-order valence-electron chi connectivity index (χ4n) is 3.58. The highest BCUT2D eigenvalue weighted by molar-refractivity contribution is 6.22. The van der Waals surface area contributed by atoms with Crippen LogP contribution in [0, 0.1) is 0 Å². The Balaban J connectivity index is 1.57. The SMILES string of the molecule is CC[C@@H](CNC(=O)[C@H](C)OC(=O)[C@@H](C)N1C(=O)c2ccccc2C1=O)c1ccccc1. The molecule has 0 fully saturated rings. The van der Waals surface area contributed by atoms with Crippen molar-refractivity contribution < 1.29 is 23.9 Å². The quantitative estimate of drug-likeness (QED) is 0.522. The van der Waals surface area contributed by atoms with Crippen LogP contribution in [0.1, 0.15) is 59.4 Å². The Morgan fingerprint density at radius 3 is 2.03 bits per heavy atom. The molecular weight excluding hydrogens is 396 g/mol. The molecule has 7 heteroatoms. The van der Waals surface area contributed by atoms with Crippen LogP contribution in [0.4, 0.5) is 0 Å². The molecule has 0 aromatic heterocycles. The van der Waals surface area contributed by atoms with Crippen LogP contribution in [0.3, 0.4) is 0 Å². The molecule has 3 atom stereocenters. The van der Waals surface area contributed by atoms with Gasteiger partial charge in [-0.25, -0.2) is 4.79 Å². The van der Waals surface area contributed by atoms with Gasteiger partial charge in [-0.05, 0) is 38.0 Å². The van der Waals surface area contributed by atoms with E-state index in [2.05, 4.69) is 5.32 Å². The Kier molecular flexibility index (Phi) is 6.84. The molecule has 0 saturated heterocycles. The van der Waals surface area contributed by atoms with Crippen LogP contribution >= 0.6 is 0 Å². The smallest absolute Gasteiger partial charge is 0.329 e. The lowest BCUT2D eigenvalue weighted by molar-refractivity contribution is -0.158. The van der Waals surface area contributed by atoms with Crippen molar-refractivity contribution in [3.63, 3.8) is 0 Å². The Morgan fingerprint density at radius 1 is 0.935 bits per heavy atom. The van der Waals surface area contributed by atoms with E-state index in [-0.39, 0.29) is 17.0 Å². The molecule has 3 amide bonds. The topological polar surface area (TPSA) is 92.8 Å². The van der Waals surface area contributed by atoms with Gasteiger partial charge in [-0.15, -0.1) is 0 Å². The van der Waals surface area contributed by atoms with Gasteiger partial charge in [0.05, 0.1) is 11.1 Å². The van der Waals surface area contributed by atoms with E-state index in [9.17, 15) is 19.2 Å². The summed E-state index contributed by atoms with van der Waals surface area (Å²) in [6.45, 7) is 5.33. The van der Waals surface area contributed by atoms with Gasteiger partial charge < -0.3 is 10.1 Å². The number of ether oxygens (including phenoxy) is 1. The maximum Gasteiger partial charge on any atom is 0.329 e. The second-order valence-corrected chi connectivity index (χ2v) is 7.54. The summed E-state index contributed by atoms with van der Waals surface area (Å²) in [6, 6.07) is 15.1. The van der Waals surface area contributed by atoms with Crippen molar-refractivity contribution in [2.75, 3.05) is 6.54 Å². The standard InChI is InChI=1S/C24H26N2O5/c1-4-17(18-10-6-5-7-11-18)14-25-21(27)16(3)31-24(30)15(2)26-22(28)19-12-8-9-13-20(19)23(26)29/h5-13,15-17H,4,14H2,1-3H3,(H,25,27)/t15-,16+,17+/m1/s1. The number of rotatable bonds is 8. The van der Waals surface area contributed by atoms with Gasteiger partial charge in [0.1, 0.15) is 6.04 Å². The number of hydrogen-bond donors (Lipinski definition) is 1. The average molecular weight is 422 g/mol. The Morgan fingerprint density at radius 2 is 1.48 bits per heavy atom. The molecular formula is C24H26N2O5. The van der Waals surface area contributed by atoms with Gasteiger partial charge in [0.15, 0.2) is 6.10 Å². The van der Waals surface area contributed by atoms with Crippen molar-refractivity contribution in [1.29, 1.82) is 0 Å². The summed E-state index contributed by atoms with van der Waals surface area (Å²) in [4.78, 5) is 50.9. The fraction of sp³-hybridized carbons (Fsp3) is 0.333. The zero-order valence-corrected chi connectivity index (χ0v) is 17.8. The summed E-state index contributed by atoms with van der Waals surface area (Å²) in [5, 5.41) is 2.81. The third-order valence-electron chi connectivity index (χ3n) is 5.50. The number of carbonyl (C=O) groups is 4. The number of imide groups is 1. The van der Waals surface area contributed by atoms with Gasteiger partial charge in [-0.3, -0.25) is 19.3 Å². The van der Waals surface area contributed by atoms with E-state index < -0.39 is 35.8 Å². The van der Waals surface area contributed by atoms with Gasteiger partial charge in [0.2, 0.25) is 0 Å². The summed E-state index contributed by atoms with van der Waals surface area (Å²) in [5.41, 5.74) is 1.63. The Bertz CT molecular complexity index is 953. The first-order chi connectivity index (χ1) is 14.8. The molecule has 0 unspecified atom stereocenters. The van der Waals surface area contributed by atoms with E-state index >= 15 is 0 Å². The lowest BCUT2D eigenvalue weighted by atomic mass is 9.96. The van der Waals surface area contributed by atoms with Crippen molar-refractivity contribution in [3.05, 3.63) is 71.3 Å². The van der Waals surface area contributed by atoms with Crippen molar-refractivity contribution in [3.8, 4) is 0 Å². The Hall–Kier alpha value is -3.48. The molecule has 7 nitrogen and oxygen atoms in total.